The van der Waals surface area contributed by atoms with Crippen LogP contribution in [0.15, 0.2) is 36.9 Å². The Bertz CT molecular complexity index is 758. The van der Waals surface area contributed by atoms with E-state index in [0.29, 0.717) is 12.1 Å². The Morgan fingerprint density at radius 3 is 2.67 bits per heavy atom. The van der Waals surface area contributed by atoms with Crippen LogP contribution >= 0.6 is 0 Å². The number of carbonyl (C=O) groups excluding carboxylic acids is 1. The minimum absolute atomic E-state index is 0.101. The van der Waals surface area contributed by atoms with Crippen LogP contribution in [0, 0.1) is 0 Å². The molecule has 0 aromatic carbocycles. The minimum atomic E-state index is -0.101. The fourth-order valence-electron chi connectivity index (χ4n) is 3.46. The lowest BCUT2D eigenvalue weighted by Crippen LogP contribution is -2.47. The van der Waals surface area contributed by atoms with E-state index in [0.717, 1.165) is 57.3 Å². The number of hydrogen-bond donors (Lipinski definition) is 1. The molecular formula is C19H24N6O2. The Balaban J connectivity index is 1.34. The Kier molecular flexibility index (Phi) is 5.43. The van der Waals surface area contributed by atoms with Crippen LogP contribution in [0.2, 0.25) is 0 Å². The lowest BCUT2D eigenvalue weighted by atomic mass is 10.2. The molecule has 4 heterocycles. The van der Waals surface area contributed by atoms with Gasteiger partial charge in [0.1, 0.15) is 0 Å². The monoisotopic (exact) mass is 368 g/mol. The van der Waals surface area contributed by atoms with E-state index >= 15 is 0 Å². The second-order valence-electron chi connectivity index (χ2n) is 6.80. The molecule has 0 spiro atoms. The molecule has 0 aliphatic carbocycles. The zero-order valence-corrected chi connectivity index (χ0v) is 15.3. The molecule has 8 heteroatoms. The number of amides is 1. The molecule has 2 aliphatic heterocycles. The second-order valence-corrected chi connectivity index (χ2v) is 6.80. The van der Waals surface area contributed by atoms with Gasteiger partial charge in [-0.25, -0.2) is 9.97 Å². The molecule has 4 rings (SSSR count). The number of nitrogens with zero attached hydrogens (tertiary/aromatic N) is 5. The van der Waals surface area contributed by atoms with Gasteiger partial charge in [-0.1, -0.05) is 0 Å². The molecule has 27 heavy (non-hydrogen) atoms. The highest BCUT2D eigenvalue weighted by atomic mass is 16.5. The number of ether oxygens (including phenoxy) is 1. The van der Waals surface area contributed by atoms with E-state index in [4.69, 9.17) is 4.74 Å². The highest BCUT2D eigenvalue weighted by Crippen LogP contribution is 2.19. The summed E-state index contributed by atoms with van der Waals surface area (Å²) in [6.45, 7) is 4.68. The van der Waals surface area contributed by atoms with E-state index in [1.165, 1.54) is 0 Å². The highest BCUT2D eigenvalue weighted by Gasteiger charge is 2.21. The maximum atomic E-state index is 12.4. The fourth-order valence-corrected chi connectivity index (χ4v) is 3.46. The molecule has 0 saturated carbocycles. The topological polar surface area (TPSA) is 83.5 Å². The third-order valence-corrected chi connectivity index (χ3v) is 4.98. The summed E-state index contributed by atoms with van der Waals surface area (Å²) in [6, 6.07) is 3.73. The summed E-state index contributed by atoms with van der Waals surface area (Å²) >= 11 is 0. The number of hydrogen-bond acceptors (Lipinski definition) is 7. The van der Waals surface area contributed by atoms with Gasteiger partial charge in [-0.2, -0.15) is 0 Å². The molecule has 2 fully saturated rings. The summed E-state index contributed by atoms with van der Waals surface area (Å²) in [6.07, 6.45) is 9.16. The predicted molar refractivity (Wildman–Crippen MR) is 102 cm³/mol. The third-order valence-electron chi connectivity index (χ3n) is 4.98. The van der Waals surface area contributed by atoms with E-state index in [9.17, 15) is 4.79 Å². The SMILES string of the molecule is O=C(NCC1CCCO1)c1cncc(N2CCN(c3ncccn3)CC2)c1. The van der Waals surface area contributed by atoms with Gasteiger partial charge >= 0.3 is 0 Å². The van der Waals surface area contributed by atoms with Crippen LogP contribution in [-0.4, -0.2) is 66.3 Å². The Morgan fingerprint density at radius 2 is 1.93 bits per heavy atom. The smallest absolute Gasteiger partial charge is 0.253 e. The normalized spacial score (nSPS) is 19.9. The first-order valence-corrected chi connectivity index (χ1v) is 9.41. The Labute approximate surface area is 158 Å². The molecule has 1 unspecified atom stereocenters. The van der Waals surface area contributed by atoms with Gasteiger partial charge in [0.2, 0.25) is 5.95 Å². The van der Waals surface area contributed by atoms with Crippen molar-refractivity contribution < 1.29 is 9.53 Å². The van der Waals surface area contributed by atoms with Crippen molar-refractivity contribution in [2.75, 3.05) is 49.1 Å². The van der Waals surface area contributed by atoms with Crippen LogP contribution < -0.4 is 15.1 Å². The number of rotatable bonds is 5. The summed E-state index contributed by atoms with van der Waals surface area (Å²) < 4.78 is 5.55. The lowest BCUT2D eigenvalue weighted by molar-refractivity contribution is 0.0857. The number of carbonyl (C=O) groups is 1. The first kappa shape index (κ1) is 17.7. The molecule has 1 amide bonds. The van der Waals surface area contributed by atoms with Gasteiger partial charge in [-0.05, 0) is 25.0 Å². The average Bonchev–Trinajstić information content (AvgIpc) is 3.27. The quantitative estimate of drug-likeness (QED) is 0.846. The van der Waals surface area contributed by atoms with Crippen molar-refractivity contribution in [2.24, 2.45) is 0 Å². The summed E-state index contributed by atoms with van der Waals surface area (Å²) in [7, 11) is 0. The summed E-state index contributed by atoms with van der Waals surface area (Å²) in [5.74, 6) is 0.661. The Hall–Kier alpha value is -2.74. The zero-order chi connectivity index (χ0) is 18.5. The Morgan fingerprint density at radius 1 is 1.15 bits per heavy atom. The van der Waals surface area contributed by atoms with Crippen LogP contribution in [0.3, 0.4) is 0 Å². The first-order valence-electron chi connectivity index (χ1n) is 9.41. The number of nitrogens with one attached hydrogen (secondary N) is 1. The predicted octanol–water partition coefficient (Wildman–Crippen LogP) is 1.11. The van der Waals surface area contributed by atoms with Crippen LogP contribution in [-0.2, 0) is 4.74 Å². The van der Waals surface area contributed by atoms with Gasteiger partial charge < -0.3 is 19.9 Å². The molecule has 0 radical (unpaired) electrons. The number of piperazine rings is 1. The van der Waals surface area contributed by atoms with E-state index in [1.54, 1.807) is 18.6 Å². The molecule has 2 aromatic heterocycles. The summed E-state index contributed by atoms with van der Waals surface area (Å²) in [5.41, 5.74) is 1.55. The lowest BCUT2D eigenvalue weighted by Gasteiger charge is -2.35. The van der Waals surface area contributed by atoms with Gasteiger partial charge in [0.25, 0.3) is 5.91 Å². The van der Waals surface area contributed by atoms with E-state index in [2.05, 4.69) is 30.1 Å². The third kappa shape index (κ3) is 4.33. The number of pyridine rings is 1. The molecule has 1 N–H and O–H groups in total. The standard InChI is InChI=1S/C19H24N6O2/c26-18(23-14-17-3-1-10-27-17)15-11-16(13-20-12-15)24-6-8-25(9-7-24)19-21-4-2-5-22-19/h2,4-5,11-13,17H,1,3,6-10,14H2,(H,23,26). The largest absolute Gasteiger partial charge is 0.376 e. The maximum Gasteiger partial charge on any atom is 0.253 e. The van der Waals surface area contributed by atoms with E-state index in [1.807, 2.05) is 18.3 Å². The van der Waals surface area contributed by atoms with Crippen molar-refractivity contribution in [1.82, 2.24) is 20.3 Å². The highest BCUT2D eigenvalue weighted by molar-refractivity contribution is 5.94. The van der Waals surface area contributed by atoms with E-state index < -0.39 is 0 Å². The van der Waals surface area contributed by atoms with Gasteiger partial charge in [0.05, 0.1) is 23.6 Å². The van der Waals surface area contributed by atoms with Crippen LogP contribution in [0.1, 0.15) is 23.2 Å². The van der Waals surface area contributed by atoms with Crippen molar-refractivity contribution in [3.05, 3.63) is 42.5 Å². The molecule has 0 bridgehead atoms. The van der Waals surface area contributed by atoms with Crippen molar-refractivity contribution in [2.45, 2.75) is 18.9 Å². The van der Waals surface area contributed by atoms with Crippen molar-refractivity contribution >= 4 is 17.5 Å². The van der Waals surface area contributed by atoms with Gasteiger partial charge in [-0.15, -0.1) is 0 Å². The van der Waals surface area contributed by atoms with Crippen molar-refractivity contribution in [1.29, 1.82) is 0 Å². The van der Waals surface area contributed by atoms with Gasteiger partial charge in [0.15, 0.2) is 0 Å². The fraction of sp³-hybridized carbons (Fsp3) is 0.474. The molecule has 1 atom stereocenters. The maximum absolute atomic E-state index is 12.4. The van der Waals surface area contributed by atoms with Crippen LogP contribution in [0.5, 0.6) is 0 Å². The minimum Gasteiger partial charge on any atom is -0.376 e. The second kappa shape index (κ2) is 8.30. The summed E-state index contributed by atoms with van der Waals surface area (Å²) in [5, 5.41) is 2.95. The van der Waals surface area contributed by atoms with Crippen molar-refractivity contribution in [3.63, 3.8) is 0 Å². The van der Waals surface area contributed by atoms with Gasteiger partial charge in [0, 0.05) is 57.9 Å². The molecule has 8 nitrogen and oxygen atoms in total. The van der Waals surface area contributed by atoms with E-state index in [-0.39, 0.29) is 12.0 Å². The first-order chi connectivity index (χ1) is 13.3. The molecule has 142 valence electrons. The summed E-state index contributed by atoms with van der Waals surface area (Å²) in [4.78, 5) is 29.7. The van der Waals surface area contributed by atoms with Crippen molar-refractivity contribution in [3.8, 4) is 0 Å². The average molecular weight is 368 g/mol. The molecular weight excluding hydrogens is 344 g/mol. The van der Waals surface area contributed by atoms with Gasteiger partial charge in [-0.3, -0.25) is 9.78 Å². The molecule has 2 aromatic rings. The number of aromatic nitrogens is 3. The van der Waals surface area contributed by atoms with Crippen LogP contribution in [0.4, 0.5) is 11.6 Å². The van der Waals surface area contributed by atoms with Crippen LogP contribution in [0.25, 0.3) is 0 Å². The molecule has 2 aliphatic rings. The molecule has 2 saturated heterocycles. The zero-order valence-electron chi connectivity index (χ0n) is 15.3. The number of anilines is 2.